The first kappa shape index (κ1) is 26.5. The van der Waals surface area contributed by atoms with Gasteiger partial charge < -0.3 is 20.1 Å². The number of carboxylic acids is 1. The number of carbonyl (C=O) groups excluding carboxylic acids is 2. The van der Waals surface area contributed by atoms with Crippen LogP contribution in [0.1, 0.15) is 48.5 Å². The molecule has 0 spiro atoms. The van der Waals surface area contributed by atoms with E-state index in [0.717, 1.165) is 17.7 Å². The van der Waals surface area contributed by atoms with E-state index in [2.05, 4.69) is 15.3 Å². The summed E-state index contributed by atoms with van der Waals surface area (Å²) in [6, 6.07) is 10.7. The van der Waals surface area contributed by atoms with E-state index in [0.29, 0.717) is 35.2 Å². The number of fused-ring (bicyclic) bond motifs is 1. The molecule has 0 aliphatic carbocycles. The van der Waals surface area contributed by atoms with E-state index in [9.17, 15) is 18.8 Å². The fraction of sp³-hybridized carbons (Fsp3) is 0.214. The van der Waals surface area contributed by atoms with E-state index in [4.69, 9.17) is 9.84 Å². The van der Waals surface area contributed by atoms with Crippen LogP contribution >= 0.6 is 0 Å². The Labute approximate surface area is 216 Å². The second-order valence-electron chi connectivity index (χ2n) is 8.60. The van der Waals surface area contributed by atoms with E-state index >= 15 is 4.39 Å². The van der Waals surface area contributed by atoms with E-state index in [-0.39, 0.29) is 30.7 Å². The number of amides is 1. The molecule has 0 atom stereocenters. The van der Waals surface area contributed by atoms with Gasteiger partial charge in [0, 0.05) is 41.7 Å². The lowest BCUT2D eigenvalue weighted by atomic mass is 9.99. The van der Waals surface area contributed by atoms with Gasteiger partial charge in [-0.3, -0.25) is 14.4 Å². The molecule has 0 radical (unpaired) electrons. The van der Waals surface area contributed by atoms with Gasteiger partial charge in [-0.15, -0.1) is 0 Å². The summed E-state index contributed by atoms with van der Waals surface area (Å²) in [5.41, 5.74) is 0.776. The van der Waals surface area contributed by atoms with Crippen molar-refractivity contribution < 1.29 is 33.0 Å². The van der Waals surface area contributed by atoms with Gasteiger partial charge in [0.2, 0.25) is 11.7 Å². The quantitative estimate of drug-likeness (QED) is 0.171. The summed E-state index contributed by atoms with van der Waals surface area (Å²) < 4.78 is 35.4. The lowest BCUT2D eigenvalue weighted by Gasteiger charge is -2.10. The standard InChI is InChI=1S/C28H25F2N3O5/c1-2-4-23(34)33-22-11-10-21(29)25(26(22)30)27(37)20-15-32-28-19(20)13-17(14-31-28)16-6-8-18(9-7-16)38-12-3-5-24(35)36/h6-11,13-15H,2-5,12H2,1H3,(H,31,32)(H,33,34)(H,35,36). The van der Waals surface area contributed by atoms with Crippen LogP contribution in [-0.2, 0) is 9.59 Å². The number of ketones is 1. The minimum absolute atomic E-state index is 0.0209. The number of H-pyrrole nitrogens is 1. The van der Waals surface area contributed by atoms with Crippen LogP contribution in [0.2, 0.25) is 0 Å². The summed E-state index contributed by atoms with van der Waals surface area (Å²) in [4.78, 5) is 43.0. The fourth-order valence-corrected chi connectivity index (χ4v) is 3.94. The highest BCUT2D eigenvalue weighted by Crippen LogP contribution is 2.30. The highest BCUT2D eigenvalue weighted by molar-refractivity contribution is 6.17. The van der Waals surface area contributed by atoms with Gasteiger partial charge in [0.05, 0.1) is 17.9 Å². The molecule has 1 amide bonds. The number of halogens is 2. The summed E-state index contributed by atoms with van der Waals surface area (Å²) in [5, 5.41) is 11.5. The number of nitrogens with zero attached hydrogens (tertiary/aromatic N) is 1. The van der Waals surface area contributed by atoms with Crippen molar-refractivity contribution in [3.63, 3.8) is 0 Å². The van der Waals surface area contributed by atoms with Crippen LogP contribution in [0.3, 0.4) is 0 Å². The molecule has 2 aromatic heterocycles. The number of carbonyl (C=O) groups is 3. The van der Waals surface area contributed by atoms with Gasteiger partial charge in [-0.05, 0) is 48.7 Å². The average molecular weight is 522 g/mol. The van der Waals surface area contributed by atoms with Crippen molar-refractivity contribution in [3.05, 3.63) is 77.6 Å². The van der Waals surface area contributed by atoms with Crippen molar-refractivity contribution in [1.82, 2.24) is 9.97 Å². The number of hydrogen-bond donors (Lipinski definition) is 3. The minimum Gasteiger partial charge on any atom is -0.494 e. The van der Waals surface area contributed by atoms with Crippen molar-refractivity contribution in [2.75, 3.05) is 11.9 Å². The molecule has 2 aromatic carbocycles. The highest BCUT2D eigenvalue weighted by Gasteiger charge is 2.25. The molecule has 0 saturated carbocycles. The largest absolute Gasteiger partial charge is 0.494 e. The van der Waals surface area contributed by atoms with Crippen LogP contribution in [0, 0.1) is 11.6 Å². The average Bonchev–Trinajstić information content (AvgIpc) is 3.32. The van der Waals surface area contributed by atoms with Gasteiger partial charge >= 0.3 is 5.97 Å². The Morgan fingerprint density at radius 2 is 1.82 bits per heavy atom. The van der Waals surface area contributed by atoms with Crippen LogP contribution in [-0.4, -0.2) is 39.3 Å². The topological polar surface area (TPSA) is 121 Å². The summed E-state index contributed by atoms with van der Waals surface area (Å²) >= 11 is 0. The zero-order chi connectivity index (χ0) is 27.2. The van der Waals surface area contributed by atoms with Gasteiger partial charge in [-0.2, -0.15) is 0 Å². The zero-order valence-electron chi connectivity index (χ0n) is 20.5. The fourth-order valence-electron chi connectivity index (χ4n) is 3.94. The molecule has 0 aliphatic heterocycles. The summed E-state index contributed by atoms with van der Waals surface area (Å²) in [6.45, 7) is 2.06. The molecule has 0 saturated heterocycles. The molecule has 10 heteroatoms. The number of aromatic nitrogens is 2. The second kappa shape index (κ2) is 11.6. The maximum Gasteiger partial charge on any atom is 0.303 e. The normalized spacial score (nSPS) is 10.9. The van der Waals surface area contributed by atoms with Crippen LogP contribution < -0.4 is 10.1 Å². The molecular weight excluding hydrogens is 496 g/mol. The van der Waals surface area contributed by atoms with Crippen LogP contribution in [0.25, 0.3) is 22.2 Å². The van der Waals surface area contributed by atoms with Gasteiger partial charge in [0.15, 0.2) is 5.82 Å². The van der Waals surface area contributed by atoms with E-state index in [1.54, 1.807) is 43.5 Å². The van der Waals surface area contributed by atoms with Gasteiger partial charge in [-0.1, -0.05) is 19.1 Å². The monoisotopic (exact) mass is 521 g/mol. The summed E-state index contributed by atoms with van der Waals surface area (Å²) in [6.07, 6.45) is 4.06. The number of benzene rings is 2. The molecule has 8 nitrogen and oxygen atoms in total. The highest BCUT2D eigenvalue weighted by atomic mass is 19.1. The van der Waals surface area contributed by atoms with Crippen molar-refractivity contribution in [1.29, 1.82) is 0 Å². The third kappa shape index (κ3) is 5.86. The number of ether oxygens (including phenoxy) is 1. The number of pyridine rings is 1. The number of aliphatic carboxylic acids is 1. The maximum absolute atomic E-state index is 15.2. The third-order valence-electron chi connectivity index (χ3n) is 5.84. The third-order valence-corrected chi connectivity index (χ3v) is 5.84. The molecule has 38 heavy (non-hydrogen) atoms. The second-order valence-corrected chi connectivity index (χ2v) is 8.60. The SMILES string of the molecule is CCCC(=O)Nc1ccc(F)c(C(=O)c2c[nH]c3ncc(-c4ccc(OCCCC(=O)O)cc4)cc23)c1F. The van der Waals surface area contributed by atoms with Gasteiger partial charge in [0.1, 0.15) is 17.2 Å². The molecule has 0 unspecified atom stereocenters. The molecule has 0 fully saturated rings. The van der Waals surface area contributed by atoms with Crippen molar-refractivity contribution in [2.45, 2.75) is 32.6 Å². The maximum atomic E-state index is 15.2. The molecule has 3 N–H and O–H groups in total. The summed E-state index contributed by atoms with van der Waals surface area (Å²) in [5.74, 6) is -3.82. The Morgan fingerprint density at radius 3 is 2.53 bits per heavy atom. The molecule has 0 bridgehead atoms. The van der Waals surface area contributed by atoms with Crippen molar-refractivity contribution in [3.8, 4) is 16.9 Å². The van der Waals surface area contributed by atoms with Crippen molar-refractivity contribution in [2.24, 2.45) is 0 Å². The molecule has 0 aliphatic rings. The number of aromatic amines is 1. The lowest BCUT2D eigenvalue weighted by molar-refractivity contribution is -0.137. The van der Waals surface area contributed by atoms with E-state index in [1.165, 1.54) is 6.20 Å². The van der Waals surface area contributed by atoms with Gasteiger partial charge in [-0.25, -0.2) is 13.8 Å². The minimum atomic E-state index is -1.14. The molecule has 2 heterocycles. The van der Waals surface area contributed by atoms with E-state index < -0.39 is 34.9 Å². The number of carboxylic acid groups (broad SMARTS) is 1. The zero-order valence-corrected chi connectivity index (χ0v) is 20.5. The van der Waals surface area contributed by atoms with Crippen LogP contribution in [0.5, 0.6) is 5.75 Å². The Morgan fingerprint density at radius 1 is 1.05 bits per heavy atom. The molecular formula is C28H25F2N3O5. The van der Waals surface area contributed by atoms with Crippen LogP contribution in [0.4, 0.5) is 14.5 Å². The molecule has 4 rings (SSSR count). The number of nitrogens with one attached hydrogen (secondary N) is 2. The Balaban J connectivity index is 1.60. The Bertz CT molecular complexity index is 1500. The van der Waals surface area contributed by atoms with Gasteiger partial charge in [0.25, 0.3) is 0 Å². The number of hydrogen-bond acceptors (Lipinski definition) is 5. The lowest BCUT2D eigenvalue weighted by Crippen LogP contribution is -2.15. The first-order valence-electron chi connectivity index (χ1n) is 12.0. The Kier molecular flexibility index (Phi) is 8.10. The summed E-state index contributed by atoms with van der Waals surface area (Å²) in [7, 11) is 0. The molecule has 196 valence electrons. The molecule has 4 aromatic rings. The number of rotatable bonds is 11. The smallest absolute Gasteiger partial charge is 0.303 e. The first-order valence-corrected chi connectivity index (χ1v) is 12.0. The number of anilines is 1. The van der Waals surface area contributed by atoms with Crippen LogP contribution in [0.15, 0.2) is 54.9 Å². The first-order chi connectivity index (χ1) is 18.3. The van der Waals surface area contributed by atoms with E-state index in [1.807, 2.05) is 0 Å². The predicted molar refractivity (Wildman–Crippen MR) is 137 cm³/mol. The predicted octanol–water partition coefficient (Wildman–Crippen LogP) is 5.72. The Hall–Kier alpha value is -4.60. The van der Waals surface area contributed by atoms with Crippen molar-refractivity contribution >= 4 is 34.4 Å².